The first-order valence-electron chi connectivity index (χ1n) is 7.46. The van der Waals surface area contributed by atoms with Gasteiger partial charge in [-0.1, -0.05) is 0 Å². The van der Waals surface area contributed by atoms with Crippen molar-refractivity contribution < 1.29 is 9.53 Å². The number of carbonyl (C=O) groups is 1. The summed E-state index contributed by atoms with van der Waals surface area (Å²) in [7, 11) is 5.35. The fourth-order valence-electron chi connectivity index (χ4n) is 2.64. The topological polar surface area (TPSA) is 52.3 Å². The lowest BCUT2D eigenvalue weighted by molar-refractivity contribution is 0.0780. The summed E-state index contributed by atoms with van der Waals surface area (Å²) in [4.78, 5) is 14.4. The molecule has 0 fully saturated rings. The molecule has 0 spiro atoms. The van der Waals surface area contributed by atoms with E-state index in [-0.39, 0.29) is 5.91 Å². The summed E-state index contributed by atoms with van der Waals surface area (Å²) in [5, 5.41) is 5.15. The Morgan fingerprint density at radius 3 is 2.87 bits per heavy atom. The van der Waals surface area contributed by atoms with Crippen molar-refractivity contribution in [1.82, 2.24) is 19.2 Å². The van der Waals surface area contributed by atoms with E-state index in [4.69, 9.17) is 4.74 Å². The fourth-order valence-corrected chi connectivity index (χ4v) is 2.64. The van der Waals surface area contributed by atoms with Gasteiger partial charge in [-0.05, 0) is 30.3 Å². The van der Waals surface area contributed by atoms with Crippen LogP contribution in [0.1, 0.15) is 10.5 Å². The molecule has 0 aliphatic rings. The SMILES string of the molecule is COc1ccc2c(c1)cc(C(=O)N(C)CCn1cccn1)n2C. The highest BCUT2D eigenvalue weighted by molar-refractivity contribution is 5.98. The van der Waals surface area contributed by atoms with Gasteiger partial charge in [-0.2, -0.15) is 5.10 Å². The van der Waals surface area contributed by atoms with Crippen LogP contribution >= 0.6 is 0 Å². The average molecular weight is 312 g/mol. The van der Waals surface area contributed by atoms with Gasteiger partial charge in [0.05, 0.1) is 13.7 Å². The van der Waals surface area contributed by atoms with Crippen molar-refractivity contribution in [2.45, 2.75) is 6.54 Å². The van der Waals surface area contributed by atoms with Crippen LogP contribution in [0, 0.1) is 0 Å². The summed E-state index contributed by atoms with van der Waals surface area (Å²) < 4.78 is 8.98. The minimum absolute atomic E-state index is 0.00479. The van der Waals surface area contributed by atoms with Crippen LogP contribution in [-0.2, 0) is 13.6 Å². The number of benzene rings is 1. The Kier molecular flexibility index (Phi) is 4.06. The maximum Gasteiger partial charge on any atom is 0.270 e. The second-order valence-electron chi connectivity index (χ2n) is 5.51. The Bertz CT molecular complexity index is 821. The third-order valence-electron chi connectivity index (χ3n) is 4.04. The molecule has 23 heavy (non-hydrogen) atoms. The number of aromatic nitrogens is 3. The van der Waals surface area contributed by atoms with Gasteiger partial charge in [-0.25, -0.2) is 0 Å². The van der Waals surface area contributed by atoms with E-state index in [0.29, 0.717) is 18.8 Å². The maximum absolute atomic E-state index is 12.7. The maximum atomic E-state index is 12.7. The molecule has 0 atom stereocenters. The molecule has 0 bridgehead atoms. The van der Waals surface area contributed by atoms with Gasteiger partial charge in [0.1, 0.15) is 11.4 Å². The van der Waals surface area contributed by atoms with Crippen molar-refractivity contribution >= 4 is 16.8 Å². The lowest BCUT2D eigenvalue weighted by atomic mass is 10.2. The van der Waals surface area contributed by atoms with E-state index in [0.717, 1.165) is 16.7 Å². The summed E-state index contributed by atoms with van der Waals surface area (Å²) >= 11 is 0. The van der Waals surface area contributed by atoms with Crippen molar-refractivity contribution in [1.29, 1.82) is 0 Å². The predicted octanol–water partition coefficient (Wildman–Crippen LogP) is 2.16. The van der Waals surface area contributed by atoms with Gasteiger partial charge in [0.25, 0.3) is 5.91 Å². The average Bonchev–Trinajstić information content (AvgIpc) is 3.19. The van der Waals surface area contributed by atoms with E-state index in [1.54, 1.807) is 18.2 Å². The van der Waals surface area contributed by atoms with E-state index >= 15 is 0 Å². The van der Waals surface area contributed by atoms with E-state index in [2.05, 4.69) is 5.10 Å². The monoisotopic (exact) mass is 312 g/mol. The number of likely N-dealkylation sites (N-methyl/N-ethyl adjacent to an activating group) is 1. The number of hydrogen-bond donors (Lipinski definition) is 0. The molecule has 6 nitrogen and oxygen atoms in total. The molecule has 0 aliphatic carbocycles. The first-order chi connectivity index (χ1) is 11.1. The Balaban J connectivity index is 1.80. The summed E-state index contributed by atoms with van der Waals surface area (Å²) in [6.45, 7) is 1.28. The van der Waals surface area contributed by atoms with Crippen LogP contribution in [0.25, 0.3) is 10.9 Å². The molecular formula is C17H20N4O2. The van der Waals surface area contributed by atoms with Gasteiger partial charge in [-0.3, -0.25) is 9.48 Å². The van der Waals surface area contributed by atoms with E-state index < -0.39 is 0 Å². The van der Waals surface area contributed by atoms with Crippen molar-refractivity contribution in [3.8, 4) is 5.75 Å². The molecule has 2 heterocycles. The number of fused-ring (bicyclic) bond motifs is 1. The molecule has 0 radical (unpaired) electrons. The van der Waals surface area contributed by atoms with Gasteiger partial charge < -0.3 is 14.2 Å². The van der Waals surface area contributed by atoms with E-state index in [1.807, 2.05) is 59.9 Å². The van der Waals surface area contributed by atoms with Gasteiger partial charge in [-0.15, -0.1) is 0 Å². The quantitative estimate of drug-likeness (QED) is 0.725. The van der Waals surface area contributed by atoms with Gasteiger partial charge in [0.15, 0.2) is 0 Å². The van der Waals surface area contributed by atoms with Crippen molar-refractivity contribution in [2.24, 2.45) is 7.05 Å². The number of rotatable bonds is 5. The Morgan fingerprint density at radius 1 is 1.35 bits per heavy atom. The number of hydrogen-bond acceptors (Lipinski definition) is 3. The fraction of sp³-hybridized carbons (Fsp3) is 0.294. The zero-order valence-electron chi connectivity index (χ0n) is 13.6. The number of aryl methyl sites for hydroxylation is 1. The first kappa shape index (κ1) is 15.1. The molecule has 1 aromatic carbocycles. The van der Waals surface area contributed by atoms with Crippen molar-refractivity contribution in [2.75, 3.05) is 20.7 Å². The highest BCUT2D eigenvalue weighted by Crippen LogP contribution is 2.24. The van der Waals surface area contributed by atoms with Crippen LogP contribution in [0.2, 0.25) is 0 Å². The summed E-state index contributed by atoms with van der Waals surface area (Å²) in [5.41, 5.74) is 1.67. The Hall–Kier alpha value is -2.76. The van der Waals surface area contributed by atoms with Gasteiger partial charge >= 0.3 is 0 Å². The third kappa shape index (κ3) is 2.92. The van der Waals surface area contributed by atoms with Crippen molar-refractivity contribution in [3.63, 3.8) is 0 Å². The summed E-state index contributed by atoms with van der Waals surface area (Å²) in [6, 6.07) is 9.59. The Labute approximate surface area is 134 Å². The molecular weight excluding hydrogens is 292 g/mol. The minimum Gasteiger partial charge on any atom is -0.497 e. The third-order valence-corrected chi connectivity index (χ3v) is 4.04. The van der Waals surface area contributed by atoms with Crippen LogP contribution in [0.5, 0.6) is 5.75 Å². The number of nitrogens with zero attached hydrogens (tertiary/aromatic N) is 4. The smallest absolute Gasteiger partial charge is 0.270 e. The number of amides is 1. The predicted molar refractivity (Wildman–Crippen MR) is 88.7 cm³/mol. The first-order valence-corrected chi connectivity index (χ1v) is 7.46. The van der Waals surface area contributed by atoms with Crippen LogP contribution < -0.4 is 4.74 Å². The molecule has 0 saturated heterocycles. The van der Waals surface area contributed by atoms with Crippen LogP contribution in [0.3, 0.4) is 0 Å². The highest BCUT2D eigenvalue weighted by atomic mass is 16.5. The summed E-state index contributed by atoms with van der Waals surface area (Å²) in [5.74, 6) is 0.781. The zero-order chi connectivity index (χ0) is 16.4. The molecule has 0 saturated carbocycles. The van der Waals surface area contributed by atoms with Crippen LogP contribution in [0.15, 0.2) is 42.7 Å². The molecule has 0 N–H and O–H groups in total. The summed E-state index contributed by atoms with van der Waals surface area (Å²) in [6.07, 6.45) is 3.63. The number of methoxy groups -OCH3 is 1. The molecule has 3 rings (SSSR count). The number of carbonyl (C=O) groups excluding carboxylic acids is 1. The standard InChI is InChI=1S/C17H20N4O2/c1-19(9-10-21-8-4-7-18-21)17(22)16-12-13-11-14(23-3)5-6-15(13)20(16)2/h4-8,11-12H,9-10H2,1-3H3. The minimum atomic E-state index is -0.00479. The largest absolute Gasteiger partial charge is 0.497 e. The van der Waals surface area contributed by atoms with Crippen LogP contribution in [0.4, 0.5) is 0 Å². The lowest BCUT2D eigenvalue weighted by Crippen LogP contribution is -2.31. The van der Waals surface area contributed by atoms with E-state index in [9.17, 15) is 4.79 Å². The molecule has 1 amide bonds. The number of ether oxygens (including phenoxy) is 1. The lowest BCUT2D eigenvalue weighted by Gasteiger charge is -2.17. The van der Waals surface area contributed by atoms with Crippen LogP contribution in [-0.4, -0.2) is 45.9 Å². The molecule has 3 aromatic rings. The molecule has 0 unspecified atom stereocenters. The molecule has 6 heteroatoms. The Morgan fingerprint density at radius 2 is 2.17 bits per heavy atom. The molecule has 2 aromatic heterocycles. The second kappa shape index (κ2) is 6.16. The molecule has 120 valence electrons. The van der Waals surface area contributed by atoms with E-state index in [1.165, 1.54) is 0 Å². The highest BCUT2D eigenvalue weighted by Gasteiger charge is 2.17. The van der Waals surface area contributed by atoms with Gasteiger partial charge in [0.2, 0.25) is 0 Å². The zero-order valence-corrected chi connectivity index (χ0v) is 13.6. The van der Waals surface area contributed by atoms with Gasteiger partial charge in [0, 0.05) is 43.9 Å². The normalized spacial score (nSPS) is 10.9. The van der Waals surface area contributed by atoms with Crippen molar-refractivity contribution in [3.05, 3.63) is 48.4 Å². The molecule has 0 aliphatic heterocycles. The second-order valence-corrected chi connectivity index (χ2v) is 5.51.